The molecule has 84 valence electrons. The maximum atomic E-state index is 13.6. The van der Waals surface area contributed by atoms with Crippen molar-refractivity contribution in [2.24, 2.45) is 0 Å². The Hall–Kier alpha value is -2.43. The van der Waals surface area contributed by atoms with Crippen molar-refractivity contribution in [3.63, 3.8) is 0 Å². The number of aromatic nitrogens is 3. The number of halogens is 1. The number of nitrogens with zero attached hydrogens (tertiary/aromatic N) is 2. The van der Waals surface area contributed by atoms with Gasteiger partial charge in [0.2, 0.25) is 0 Å². The molecule has 0 fully saturated rings. The van der Waals surface area contributed by atoms with E-state index in [4.69, 9.17) is 0 Å². The van der Waals surface area contributed by atoms with Gasteiger partial charge in [0, 0.05) is 18.3 Å². The summed E-state index contributed by atoms with van der Waals surface area (Å²) in [7, 11) is 0. The average molecular weight is 229 g/mol. The maximum absolute atomic E-state index is 13.6. The van der Waals surface area contributed by atoms with E-state index in [9.17, 15) is 9.18 Å². The first-order valence-corrected chi connectivity index (χ1v) is 5.07. The molecule has 0 unspecified atom stereocenters. The zero-order chi connectivity index (χ0) is 11.8. The molecule has 0 radical (unpaired) electrons. The summed E-state index contributed by atoms with van der Waals surface area (Å²) in [6.45, 7) is 0. The van der Waals surface area contributed by atoms with Crippen LogP contribution >= 0.6 is 0 Å². The molecule has 3 aromatic rings. The number of benzene rings is 1. The Kier molecular flexibility index (Phi) is 2.04. The van der Waals surface area contributed by atoms with Crippen LogP contribution in [0, 0.1) is 5.82 Å². The van der Waals surface area contributed by atoms with Crippen LogP contribution in [0.15, 0.2) is 47.4 Å². The Balaban J connectivity index is 2.32. The molecule has 0 atom stereocenters. The normalized spacial score (nSPS) is 10.9. The number of hydrogen-bond donors (Lipinski definition) is 1. The fraction of sp³-hybridized carbons (Fsp3) is 0. The number of rotatable bonds is 1. The topological polar surface area (TPSA) is 50.2 Å². The van der Waals surface area contributed by atoms with Crippen LogP contribution in [0.2, 0.25) is 0 Å². The lowest BCUT2D eigenvalue weighted by Gasteiger charge is -2.00. The largest absolute Gasteiger partial charge is 0.290 e. The van der Waals surface area contributed by atoms with Gasteiger partial charge in [-0.1, -0.05) is 12.1 Å². The Bertz CT molecular complexity index is 745. The molecule has 4 nitrogen and oxygen atoms in total. The minimum absolute atomic E-state index is 0.117. The number of nitrogens with one attached hydrogen (secondary N) is 1. The minimum Gasteiger partial charge on any atom is -0.290 e. The molecule has 0 aliphatic carbocycles. The van der Waals surface area contributed by atoms with Gasteiger partial charge in [0.15, 0.2) is 11.3 Å². The smallest absolute Gasteiger partial charge is 0.183 e. The molecule has 0 saturated carbocycles. The summed E-state index contributed by atoms with van der Waals surface area (Å²) in [4.78, 5) is 11.2. The van der Waals surface area contributed by atoms with E-state index in [1.54, 1.807) is 28.8 Å². The Morgan fingerprint density at radius 1 is 1.24 bits per heavy atom. The molecule has 1 aromatic carbocycles. The Morgan fingerprint density at radius 3 is 2.88 bits per heavy atom. The predicted molar refractivity (Wildman–Crippen MR) is 61.2 cm³/mol. The molecule has 0 saturated heterocycles. The van der Waals surface area contributed by atoms with Crippen molar-refractivity contribution in [2.75, 3.05) is 0 Å². The van der Waals surface area contributed by atoms with Gasteiger partial charge in [-0.2, -0.15) is 5.10 Å². The molecule has 0 spiro atoms. The Labute approximate surface area is 95.3 Å². The average Bonchev–Trinajstić information content (AvgIpc) is 2.72. The molecule has 2 heterocycles. The highest BCUT2D eigenvalue weighted by molar-refractivity contribution is 5.59. The minimum atomic E-state index is -0.348. The van der Waals surface area contributed by atoms with Gasteiger partial charge >= 0.3 is 0 Å². The molecule has 0 aliphatic rings. The van der Waals surface area contributed by atoms with Gasteiger partial charge in [0.25, 0.3) is 0 Å². The third-order valence-electron chi connectivity index (χ3n) is 2.55. The highest BCUT2D eigenvalue weighted by Gasteiger charge is 2.10. The Morgan fingerprint density at radius 2 is 2.06 bits per heavy atom. The molecular weight excluding hydrogens is 221 g/mol. The van der Waals surface area contributed by atoms with Crippen LogP contribution in [-0.4, -0.2) is 14.6 Å². The summed E-state index contributed by atoms with van der Waals surface area (Å²) in [6.07, 6.45) is 1.57. The summed E-state index contributed by atoms with van der Waals surface area (Å²) in [5, 5.41) is 6.73. The first-order chi connectivity index (χ1) is 8.25. The quantitative estimate of drug-likeness (QED) is 0.692. The molecule has 1 N–H and O–H groups in total. The van der Waals surface area contributed by atoms with Gasteiger partial charge < -0.3 is 0 Å². The summed E-state index contributed by atoms with van der Waals surface area (Å²) >= 11 is 0. The number of fused-ring (bicyclic) bond motifs is 1. The van der Waals surface area contributed by atoms with Gasteiger partial charge in [-0.05, 0) is 12.1 Å². The molecule has 0 bridgehead atoms. The standard InChI is InChI=1S/C12H8FN3O/c13-10-4-2-1-3-9(10)12-15-14-11-7-8(17)5-6-16(11)12/h1-7,14H. The van der Waals surface area contributed by atoms with Crippen LogP contribution in [0.4, 0.5) is 4.39 Å². The SMILES string of the molecule is O=c1ccn2c(-c3ccccc3F)n[nH]c2c1. The number of hydrogen-bond acceptors (Lipinski definition) is 2. The second-order valence-corrected chi connectivity index (χ2v) is 3.64. The van der Waals surface area contributed by atoms with E-state index in [2.05, 4.69) is 10.2 Å². The number of aromatic amines is 1. The zero-order valence-corrected chi connectivity index (χ0v) is 8.72. The zero-order valence-electron chi connectivity index (χ0n) is 8.72. The predicted octanol–water partition coefficient (Wildman–Crippen LogP) is 1.83. The second kappa shape index (κ2) is 3.55. The van der Waals surface area contributed by atoms with Crippen molar-refractivity contribution >= 4 is 5.65 Å². The lowest BCUT2D eigenvalue weighted by atomic mass is 10.2. The van der Waals surface area contributed by atoms with Gasteiger partial charge in [0.1, 0.15) is 11.5 Å². The third-order valence-corrected chi connectivity index (χ3v) is 2.55. The van der Waals surface area contributed by atoms with Crippen molar-refractivity contribution in [1.82, 2.24) is 14.6 Å². The number of H-pyrrole nitrogens is 1. The lowest BCUT2D eigenvalue weighted by molar-refractivity contribution is 0.629. The summed E-state index contributed by atoms with van der Waals surface area (Å²) in [5.74, 6) is 0.0951. The van der Waals surface area contributed by atoms with Crippen LogP contribution in [0.3, 0.4) is 0 Å². The van der Waals surface area contributed by atoms with E-state index in [0.717, 1.165) is 0 Å². The van der Waals surface area contributed by atoms with Gasteiger partial charge in [0.05, 0.1) is 5.56 Å². The molecule has 3 rings (SSSR count). The second-order valence-electron chi connectivity index (χ2n) is 3.64. The van der Waals surface area contributed by atoms with Crippen molar-refractivity contribution in [3.05, 3.63) is 58.6 Å². The molecule has 5 heteroatoms. The summed E-state index contributed by atoms with van der Waals surface area (Å²) < 4.78 is 15.3. The van der Waals surface area contributed by atoms with E-state index in [1.165, 1.54) is 18.2 Å². The van der Waals surface area contributed by atoms with Crippen LogP contribution in [0.5, 0.6) is 0 Å². The van der Waals surface area contributed by atoms with E-state index >= 15 is 0 Å². The molecular formula is C12H8FN3O. The maximum Gasteiger partial charge on any atom is 0.183 e. The molecule has 0 amide bonds. The van der Waals surface area contributed by atoms with E-state index in [0.29, 0.717) is 17.0 Å². The van der Waals surface area contributed by atoms with E-state index in [1.807, 2.05) is 0 Å². The first kappa shape index (κ1) is 9.77. The third kappa shape index (κ3) is 1.52. The van der Waals surface area contributed by atoms with Gasteiger partial charge in [-0.3, -0.25) is 14.3 Å². The summed E-state index contributed by atoms with van der Waals surface area (Å²) in [5.41, 5.74) is 0.812. The number of pyridine rings is 1. The van der Waals surface area contributed by atoms with Crippen LogP contribution < -0.4 is 5.43 Å². The summed E-state index contributed by atoms with van der Waals surface area (Å²) in [6, 6.07) is 9.20. The van der Waals surface area contributed by atoms with Crippen LogP contribution in [-0.2, 0) is 0 Å². The van der Waals surface area contributed by atoms with Crippen molar-refractivity contribution in [1.29, 1.82) is 0 Å². The van der Waals surface area contributed by atoms with Crippen molar-refractivity contribution in [2.45, 2.75) is 0 Å². The van der Waals surface area contributed by atoms with Gasteiger partial charge in [-0.15, -0.1) is 0 Å². The molecule has 17 heavy (non-hydrogen) atoms. The fourth-order valence-corrected chi connectivity index (χ4v) is 1.75. The van der Waals surface area contributed by atoms with E-state index < -0.39 is 0 Å². The highest BCUT2D eigenvalue weighted by atomic mass is 19.1. The van der Waals surface area contributed by atoms with Crippen LogP contribution in [0.25, 0.3) is 17.0 Å². The van der Waals surface area contributed by atoms with Crippen molar-refractivity contribution < 1.29 is 4.39 Å². The first-order valence-electron chi connectivity index (χ1n) is 5.07. The van der Waals surface area contributed by atoms with Crippen LogP contribution in [0.1, 0.15) is 0 Å². The highest BCUT2D eigenvalue weighted by Crippen LogP contribution is 2.20. The van der Waals surface area contributed by atoms with Gasteiger partial charge in [-0.25, -0.2) is 4.39 Å². The van der Waals surface area contributed by atoms with E-state index in [-0.39, 0.29) is 11.2 Å². The monoisotopic (exact) mass is 229 g/mol. The lowest BCUT2D eigenvalue weighted by Crippen LogP contribution is -1.99. The molecule has 0 aliphatic heterocycles. The van der Waals surface area contributed by atoms with Crippen molar-refractivity contribution in [3.8, 4) is 11.4 Å². The fourth-order valence-electron chi connectivity index (χ4n) is 1.75. The molecule has 2 aromatic heterocycles.